The molecule has 2 rings (SSSR count). The van der Waals surface area contributed by atoms with Crippen LogP contribution in [0.4, 0.5) is 0 Å². The van der Waals surface area contributed by atoms with Crippen LogP contribution in [0.25, 0.3) is 0 Å². The second kappa shape index (κ2) is 8.35. The molecule has 0 aliphatic heterocycles. The van der Waals surface area contributed by atoms with Gasteiger partial charge in [0.25, 0.3) is 0 Å². The first-order valence-corrected chi connectivity index (χ1v) is 8.17. The van der Waals surface area contributed by atoms with Crippen molar-refractivity contribution in [1.82, 2.24) is 10.3 Å². The molecule has 4 heteroatoms. The summed E-state index contributed by atoms with van der Waals surface area (Å²) in [7, 11) is 0. The van der Waals surface area contributed by atoms with Crippen LogP contribution in [0.5, 0.6) is 5.75 Å². The fraction of sp³-hybridized carbons (Fsp3) is 0.706. The van der Waals surface area contributed by atoms with Gasteiger partial charge in [-0.05, 0) is 37.9 Å². The number of hydrogen-bond acceptors (Lipinski definition) is 4. The number of ether oxygens (including phenoxy) is 1. The summed E-state index contributed by atoms with van der Waals surface area (Å²) in [4.78, 5) is 4.52. The van der Waals surface area contributed by atoms with Gasteiger partial charge in [0, 0.05) is 12.2 Å². The van der Waals surface area contributed by atoms with Crippen molar-refractivity contribution in [3.63, 3.8) is 0 Å². The lowest BCUT2D eigenvalue weighted by Crippen LogP contribution is -2.22. The third-order valence-corrected chi connectivity index (χ3v) is 4.13. The number of aliphatic hydroxyl groups excluding tert-OH is 1. The summed E-state index contributed by atoms with van der Waals surface area (Å²) in [6, 6.07) is 3.91. The zero-order chi connectivity index (χ0) is 15.1. The first-order valence-electron chi connectivity index (χ1n) is 8.17. The highest BCUT2D eigenvalue weighted by molar-refractivity contribution is 5.29. The van der Waals surface area contributed by atoms with Gasteiger partial charge < -0.3 is 15.2 Å². The van der Waals surface area contributed by atoms with Crippen molar-refractivity contribution >= 4 is 0 Å². The highest BCUT2D eigenvalue weighted by Crippen LogP contribution is 2.28. The van der Waals surface area contributed by atoms with Gasteiger partial charge in [-0.3, -0.25) is 4.98 Å². The van der Waals surface area contributed by atoms with Gasteiger partial charge in [-0.2, -0.15) is 0 Å². The highest BCUT2D eigenvalue weighted by atomic mass is 16.5. The summed E-state index contributed by atoms with van der Waals surface area (Å²) in [6.07, 6.45) is 5.63. The quantitative estimate of drug-likeness (QED) is 0.773. The summed E-state index contributed by atoms with van der Waals surface area (Å²) < 4.78 is 5.81. The minimum Gasteiger partial charge on any atom is -0.489 e. The first kappa shape index (κ1) is 16.2. The van der Waals surface area contributed by atoms with Crippen LogP contribution in [-0.4, -0.2) is 29.3 Å². The molecule has 118 valence electrons. The van der Waals surface area contributed by atoms with E-state index in [0.717, 1.165) is 30.1 Å². The van der Waals surface area contributed by atoms with E-state index in [4.69, 9.17) is 4.74 Å². The van der Waals surface area contributed by atoms with E-state index in [0.29, 0.717) is 19.1 Å². The molecule has 1 unspecified atom stereocenters. The molecule has 4 nitrogen and oxygen atoms in total. The predicted molar refractivity (Wildman–Crippen MR) is 84.4 cm³/mol. The van der Waals surface area contributed by atoms with Crippen LogP contribution in [0.15, 0.2) is 12.1 Å². The second-order valence-electron chi connectivity index (χ2n) is 6.03. The molecule has 0 amide bonds. The molecule has 0 saturated heterocycles. The average molecular weight is 292 g/mol. The zero-order valence-electron chi connectivity index (χ0n) is 13.3. The van der Waals surface area contributed by atoms with Gasteiger partial charge in [-0.1, -0.05) is 32.6 Å². The Bertz CT molecular complexity index is 431. The molecule has 0 spiro atoms. The molecule has 1 atom stereocenters. The number of hydrogen-bond donors (Lipinski definition) is 2. The van der Waals surface area contributed by atoms with Crippen LogP contribution >= 0.6 is 0 Å². The summed E-state index contributed by atoms with van der Waals surface area (Å²) in [6.45, 7) is 6.02. The summed E-state index contributed by atoms with van der Waals surface area (Å²) in [5, 5.41) is 13.4. The smallest absolute Gasteiger partial charge is 0.142 e. The third kappa shape index (κ3) is 5.29. The van der Waals surface area contributed by atoms with E-state index in [1.165, 1.54) is 25.7 Å². The van der Waals surface area contributed by atoms with Gasteiger partial charge in [-0.15, -0.1) is 0 Å². The Morgan fingerprint density at radius 1 is 1.38 bits per heavy atom. The van der Waals surface area contributed by atoms with Gasteiger partial charge in [0.05, 0.1) is 11.8 Å². The molecule has 1 aliphatic rings. The Morgan fingerprint density at radius 3 is 2.86 bits per heavy atom. The molecule has 1 fully saturated rings. The fourth-order valence-electron chi connectivity index (χ4n) is 2.98. The number of aromatic nitrogens is 1. The summed E-state index contributed by atoms with van der Waals surface area (Å²) >= 11 is 0. The molecular weight excluding hydrogens is 264 g/mol. The van der Waals surface area contributed by atoms with Crippen LogP contribution < -0.4 is 10.1 Å². The summed E-state index contributed by atoms with van der Waals surface area (Å²) in [5.74, 6) is 1.47. The van der Waals surface area contributed by atoms with E-state index in [9.17, 15) is 5.11 Å². The van der Waals surface area contributed by atoms with Crippen molar-refractivity contribution in [2.75, 3.05) is 13.2 Å². The van der Waals surface area contributed by atoms with Crippen molar-refractivity contribution in [1.29, 1.82) is 0 Å². The van der Waals surface area contributed by atoms with Crippen LogP contribution in [0.1, 0.15) is 50.4 Å². The maximum atomic E-state index is 10.1. The van der Waals surface area contributed by atoms with Gasteiger partial charge in [0.1, 0.15) is 12.4 Å². The fourth-order valence-corrected chi connectivity index (χ4v) is 2.98. The van der Waals surface area contributed by atoms with Gasteiger partial charge in [0.15, 0.2) is 0 Å². The topological polar surface area (TPSA) is 54.4 Å². The second-order valence-corrected chi connectivity index (χ2v) is 6.03. The van der Waals surface area contributed by atoms with E-state index in [2.05, 4.69) is 17.2 Å². The van der Waals surface area contributed by atoms with Crippen molar-refractivity contribution < 1.29 is 9.84 Å². The van der Waals surface area contributed by atoms with Crippen molar-refractivity contribution in [3.8, 4) is 5.75 Å². The molecule has 1 aromatic heterocycles. The minimum absolute atomic E-state index is 0.361. The monoisotopic (exact) mass is 292 g/mol. The molecule has 21 heavy (non-hydrogen) atoms. The van der Waals surface area contributed by atoms with Gasteiger partial charge in [0.2, 0.25) is 0 Å². The molecule has 1 aliphatic carbocycles. The highest BCUT2D eigenvalue weighted by Gasteiger charge is 2.19. The third-order valence-electron chi connectivity index (χ3n) is 4.13. The first-order chi connectivity index (χ1) is 10.2. The van der Waals surface area contributed by atoms with E-state index in [1.54, 1.807) is 0 Å². The largest absolute Gasteiger partial charge is 0.489 e. The normalized spacial score (nSPS) is 17.1. The Morgan fingerprint density at radius 2 is 2.14 bits per heavy atom. The number of pyridine rings is 1. The molecule has 0 radical (unpaired) electrons. The number of rotatable bonds is 8. The van der Waals surface area contributed by atoms with Gasteiger partial charge >= 0.3 is 0 Å². The maximum absolute atomic E-state index is 10.1. The maximum Gasteiger partial charge on any atom is 0.142 e. The molecule has 0 bridgehead atoms. The lowest BCUT2D eigenvalue weighted by molar-refractivity contribution is 0.0848. The summed E-state index contributed by atoms with van der Waals surface area (Å²) in [5.41, 5.74) is 1.91. The molecule has 2 N–H and O–H groups in total. The Kier molecular flexibility index (Phi) is 6.46. The molecular formula is C17H28N2O2. The lowest BCUT2D eigenvalue weighted by Gasteiger charge is -2.17. The van der Waals surface area contributed by atoms with Crippen molar-refractivity contribution in [2.24, 2.45) is 5.92 Å². The average Bonchev–Trinajstić information content (AvgIpc) is 2.97. The van der Waals surface area contributed by atoms with Crippen molar-refractivity contribution in [2.45, 2.75) is 58.6 Å². The van der Waals surface area contributed by atoms with Crippen LogP contribution in [0, 0.1) is 12.8 Å². The number of nitrogens with zero attached hydrogens (tertiary/aromatic N) is 1. The number of aryl methyl sites for hydroxylation is 1. The number of nitrogens with one attached hydrogen (secondary N) is 1. The number of aliphatic hydroxyl groups is 1. The van der Waals surface area contributed by atoms with Crippen molar-refractivity contribution in [3.05, 3.63) is 23.5 Å². The van der Waals surface area contributed by atoms with Crippen LogP contribution in [-0.2, 0) is 6.54 Å². The lowest BCUT2D eigenvalue weighted by atomic mass is 10.0. The van der Waals surface area contributed by atoms with Crippen LogP contribution in [0.2, 0.25) is 0 Å². The van der Waals surface area contributed by atoms with Gasteiger partial charge in [-0.25, -0.2) is 0 Å². The molecule has 1 aromatic rings. The van der Waals surface area contributed by atoms with E-state index >= 15 is 0 Å². The predicted octanol–water partition coefficient (Wildman–Crippen LogP) is 2.82. The minimum atomic E-state index is -0.374. The van der Waals surface area contributed by atoms with E-state index in [1.807, 2.05) is 19.1 Å². The molecule has 0 aromatic carbocycles. The Labute approximate surface area is 127 Å². The van der Waals surface area contributed by atoms with E-state index in [-0.39, 0.29) is 6.10 Å². The standard InChI is InChI=1S/C17H28N2O2/c1-3-18-11-16-17(9-8-13(2)19-16)21-12-15(20)10-14-6-4-5-7-14/h8-9,14-15,18,20H,3-7,10-12H2,1-2H3. The zero-order valence-corrected chi connectivity index (χ0v) is 13.3. The molecule has 1 saturated carbocycles. The SMILES string of the molecule is CCNCc1nc(C)ccc1OCC(O)CC1CCCC1. The Balaban J connectivity index is 1.86. The van der Waals surface area contributed by atoms with Crippen LogP contribution in [0.3, 0.4) is 0 Å². The Hall–Kier alpha value is -1.13. The van der Waals surface area contributed by atoms with E-state index < -0.39 is 0 Å². The molecule has 1 heterocycles.